The highest BCUT2D eigenvalue weighted by molar-refractivity contribution is 6.14. The Balaban J connectivity index is 1.30. The molecule has 0 radical (unpaired) electrons. The van der Waals surface area contributed by atoms with Crippen LogP contribution in [0.5, 0.6) is 28.7 Å². The van der Waals surface area contributed by atoms with E-state index in [0.29, 0.717) is 42.4 Å². The molecule has 3 aromatic carbocycles. The molecule has 5 rings (SSSR count). The number of alkyl halides is 3. The molecule has 0 bridgehead atoms. The molecule has 0 unspecified atom stereocenters. The second kappa shape index (κ2) is 11.9. The van der Waals surface area contributed by atoms with Crippen LogP contribution in [0.1, 0.15) is 27.0 Å². The molecule has 2 aliphatic rings. The maximum atomic E-state index is 13.6. The molecule has 2 heterocycles. The number of hydrogen-bond acceptors (Lipinski definition) is 8. The van der Waals surface area contributed by atoms with Crippen LogP contribution in [0.2, 0.25) is 0 Å². The van der Waals surface area contributed by atoms with Gasteiger partial charge in [-0.25, -0.2) is 0 Å². The normalized spacial score (nSPS) is 16.2. The number of fused-ring (bicyclic) bond motifs is 1. The van der Waals surface area contributed by atoms with Crippen LogP contribution in [0, 0.1) is 11.3 Å². The first-order valence-corrected chi connectivity index (χ1v) is 12.7. The van der Waals surface area contributed by atoms with Crippen LogP contribution in [-0.2, 0) is 10.9 Å². The molecule has 0 aromatic heterocycles. The standard InChI is InChI=1S/C30H25F3N2O6/c1-37-27-15-19(2-7-25(27)40-24-6-3-20(18-34)14-23(24)30(31,32)33)16-28-29(36)22-5-4-21(17-26(22)41-28)39-13-10-35-8-11-38-12-9-35/h2-7,14-17H,8-13H2,1H3. The SMILES string of the molecule is COc1cc(C=C2Oc3cc(OCCN4CCOCC4)ccc3C2=O)ccc1Oc1ccc(C#N)cc1C(F)(F)F. The van der Waals surface area contributed by atoms with Crippen molar-refractivity contribution in [3.8, 4) is 34.8 Å². The van der Waals surface area contributed by atoms with E-state index in [1.165, 1.54) is 31.4 Å². The van der Waals surface area contributed by atoms with Crippen LogP contribution in [0.15, 0.2) is 60.4 Å². The molecule has 0 amide bonds. The Hall–Kier alpha value is -4.53. The number of carbonyl (C=O) groups is 1. The van der Waals surface area contributed by atoms with Crippen LogP contribution < -0.4 is 18.9 Å². The predicted molar refractivity (Wildman–Crippen MR) is 141 cm³/mol. The number of ketones is 1. The van der Waals surface area contributed by atoms with Crippen LogP contribution in [-0.4, -0.2) is 57.2 Å². The molecule has 1 fully saturated rings. The lowest BCUT2D eigenvalue weighted by atomic mass is 10.1. The van der Waals surface area contributed by atoms with Crippen LogP contribution >= 0.6 is 0 Å². The number of morpholine rings is 1. The number of benzene rings is 3. The molecule has 0 aliphatic carbocycles. The smallest absolute Gasteiger partial charge is 0.420 e. The van der Waals surface area contributed by atoms with E-state index in [2.05, 4.69) is 4.90 Å². The van der Waals surface area contributed by atoms with E-state index in [1.54, 1.807) is 30.3 Å². The summed E-state index contributed by atoms with van der Waals surface area (Å²) in [5.41, 5.74) is -0.336. The van der Waals surface area contributed by atoms with Gasteiger partial charge in [0.05, 0.1) is 43.1 Å². The Bertz CT molecular complexity index is 1520. The zero-order valence-corrected chi connectivity index (χ0v) is 22.0. The summed E-state index contributed by atoms with van der Waals surface area (Å²) in [6.45, 7) is 4.39. The lowest BCUT2D eigenvalue weighted by Crippen LogP contribution is -2.38. The molecule has 3 aromatic rings. The number of rotatable bonds is 8. The fourth-order valence-electron chi connectivity index (χ4n) is 4.41. The molecule has 1 saturated heterocycles. The average molecular weight is 567 g/mol. The largest absolute Gasteiger partial charge is 0.493 e. The second-order valence-electron chi connectivity index (χ2n) is 9.23. The minimum Gasteiger partial charge on any atom is -0.493 e. The van der Waals surface area contributed by atoms with Gasteiger partial charge in [-0.2, -0.15) is 18.4 Å². The highest BCUT2D eigenvalue weighted by Crippen LogP contribution is 2.41. The summed E-state index contributed by atoms with van der Waals surface area (Å²) < 4.78 is 68.6. The molecule has 8 nitrogen and oxygen atoms in total. The van der Waals surface area contributed by atoms with Crippen molar-refractivity contribution < 1.29 is 41.7 Å². The Labute approximate surface area is 234 Å². The fraction of sp³-hybridized carbons (Fsp3) is 0.267. The third-order valence-electron chi connectivity index (χ3n) is 6.54. The summed E-state index contributed by atoms with van der Waals surface area (Å²) >= 11 is 0. The van der Waals surface area contributed by atoms with Crippen molar-refractivity contribution in [3.05, 3.63) is 82.6 Å². The zero-order valence-electron chi connectivity index (χ0n) is 22.0. The van der Waals surface area contributed by atoms with Gasteiger partial charge in [-0.05, 0) is 54.1 Å². The van der Waals surface area contributed by atoms with E-state index in [1.807, 2.05) is 0 Å². The first-order valence-electron chi connectivity index (χ1n) is 12.7. The Kier molecular flexibility index (Phi) is 8.14. The molecule has 0 N–H and O–H groups in total. The molecule has 0 spiro atoms. The molecule has 41 heavy (non-hydrogen) atoms. The third kappa shape index (κ3) is 6.45. The summed E-state index contributed by atoms with van der Waals surface area (Å²) in [6, 6.07) is 14.3. The van der Waals surface area contributed by atoms with E-state index in [4.69, 9.17) is 28.9 Å². The van der Waals surface area contributed by atoms with Crippen molar-refractivity contribution in [2.24, 2.45) is 0 Å². The topological polar surface area (TPSA) is 90.2 Å². The van der Waals surface area contributed by atoms with Crippen molar-refractivity contribution in [3.63, 3.8) is 0 Å². The summed E-state index contributed by atoms with van der Waals surface area (Å²) in [6.07, 6.45) is -3.22. The average Bonchev–Trinajstić information content (AvgIpc) is 3.27. The highest BCUT2D eigenvalue weighted by Gasteiger charge is 2.35. The Morgan fingerprint density at radius 3 is 2.54 bits per heavy atom. The van der Waals surface area contributed by atoms with Gasteiger partial charge in [0, 0.05) is 25.7 Å². The van der Waals surface area contributed by atoms with Gasteiger partial charge in [0.2, 0.25) is 5.78 Å². The molecule has 2 aliphatic heterocycles. The van der Waals surface area contributed by atoms with E-state index in [0.717, 1.165) is 31.8 Å². The van der Waals surface area contributed by atoms with Crippen molar-refractivity contribution in [2.75, 3.05) is 46.6 Å². The first kappa shape index (κ1) is 28.0. The van der Waals surface area contributed by atoms with Gasteiger partial charge in [-0.3, -0.25) is 9.69 Å². The van der Waals surface area contributed by atoms with Crippen molar-refractivity contribution in [1.29, 1.82) is 5.26 Å². The van der Waals surface area contributed by atoms with Crippen molar-refractivity contribution in [1.82, 2.24) is 4.90 Å². The highest BCUT2D eigenvalue weighted by atomic mass is 19.4. The molecule has 212 valence electrons. The number of methoxy groups -OCH3 is 1. The van der Waals surface area contributed by atoms with Gasteiger partial charge >= 0.3 is 6.18 Å². The van der Waals surface area contributed by atoms with Gasteiger partial charge < -0.3 is 23.7 Å². The molecular formula is C30H25F3N2O6. The van der Waals surface area contributed by atoms with Crippen LogP contribution in [0.3, 0.4) is 0 Å². The van der Waals surface area contributed by atoms with Gasteiger partial charge in [0.25, 0.3) is 0 Å². The molecule has 11 heteroatoms. The molecule has 0 saturated carbocycles. The van der Waals surface area contributed by atoms with E-state index >= 15 is 0 Å². The number of Topliss-reactive ketones (excluding diaryl/α,β-unsaturated/α-hetero) is 1. The fourth-order valence-corrected chi connectivity index (χ4v) is 4.41. The Morgan fingerprint density at radius 2 is 1.80 bits per heavy atom. The molecular weight excluding hydrogens is 541 g/mol. The molecule has 0 atom stereocenters. The Morgan fingerprint density at radius 1 is 1.02 bits per heavy atom. The van der Waals surface area contributed by atoms with Gasteiger partial charge in [0.15, 0.2) is 17.3 Å². The van der Waals surface area contributed by atoms with E-state index in [9.17, 15) is 18.0 Å². The van der Waals surface area contributed by atoms with Gasteiger partial charge in [0.1, 0.15) is 23.9 Å². The number of carbonyl (C=O) groups excluding carboxylic acids is 1. The number of allylic oxidation sites excluding steroid dienone is 1. The first-order chi connectivity index (χ1) is 19.7. The zero-order chi connectivity index (χ0) is 29.0. The van der Waals surface area contributed by atoms with E-state index < -0.39 is 17.5 Å². The summed E-state index contributed by atoms with van der Waals surface area (Å²) in [5.74, 6) is 0.391. The van der Waals surface area contributed by atoms with Crippen LogP contribution in [0.25, 0.3) is 6.08 Å². The minimum atomic E-state index is -4.73. The minimum absolute atomic E-state index is 0.0191. The summed E-state index contributed by atoms with van der Waals surface area (Å²) in [7, 11) is 1.34. The maximum absolute atomic E-state index is 13.6. The number of halogens is 3. The second-order valence-corrected chi connectivity index (χ2v) is 9.23. The number of nitrogens with zero attached hydrogens (tertiary/aromatic N) is 2. The van der Waals surface area contributed by atoms with E-state index in [-0.39, 0.29) is 28.6 Å². The van der Waals surface area contributed by atoms with Gasteiger partial charge in [-0.15, -0.1) is 0 Å². The van der Waals surface area contributed by atoms with Crippen molar-refractivity contribution >= 4 is 11.9 Å². The quantitative estimate of drug-likeness (QED) is 0.321. The maximum Gasteiger partial charge on any atom is 0.420 e. The summed E-state index contributed by atoms with van der Waals surface area (Å²) in [5, 5.41) is 8.98. The monoisotopic (exact) mass is 566 g/mol. The number of hydrogen-bond donors (Lipinski definition) is 0. The van der Waals surface area contributed by atoms with Gasteiger partial charge in [-0.1, -0.05) is 6.07 Å². The number of nitriles is 1. The van der Waals surface area contributed by atoms with Crippen LogP contribution in [0.4, 0.5) is 13.2 Å². The van der Waals surface area contributed by atoms with Crippen molar-refractivity contribution in [2.45, 2.75) is 6.18 Å². The predicted octanol–water partition coefficient (Wildman–Crippen LogP) is 5.71. The third-order valence-corrected chi connectivity index (χ3v) is 6.54. The summed E-state index contributed by atoms with van der Waals surface area (Å²) in [4.78, 5) is 15.2. The number of ether oxygens (including phenoxy) is 5. The lowest BCUT2D eigenvalue weighted by molar-refractivity contribution is -0.138. The lowest BCUT2D eigenvalue weighted by Gasteiger charge is -2.26.